The van der Waals surface area contributed by atoms with Gasteiger partial charge in [0.15, 0.2) is 0 Å². The van der Waals surface area contributed by atoms with Gasteiger partial charge in [0.05, 0.1) is 18.5 Å². The summed E-state index contributed by atoms with van der Waals surface area (Å²) in [6.07, 6.45) is 0.572. The Bertz CT molecular complexity index is 487. The molecule has 1 saturated heterocycles. The third-order valence-electron chi connectivity index (χ3n) is 3.90. The molecule has 3 nitrogen and oxygen atoms in total. The Balaban J connectivity index is 2.43. The number of aryl methyl sites for hydroxylation is 1. The van der Waals surface area contributed by atoms with Crippen LogP contribution in [0.5, 0.6) is 0 Å². The number of anilines is 1. The van der Waals surface area contributed by atoms with E-state index in [-0.39, 0.29) is 11.6 Å². The smallest absolute Gasteiger partial charge is 0.0643 e. The number of benzene rings is 1. The molecule has 1 heterocycles. The van der Waals surface area contributed by atoms with E-state index in [1.54, 1.807) is 0 Å². The van der Waals surface area contributed by atoms with Gasteiger partial charge in [0.1, 0.15) is 0 Å². The lowest BCUT2D eigenvalue weighted by atomic mass is 9.92. The number of piperazine rings is 1. The van der Waals surface area contributed by atoms with Crippen LogP contribution in [0.3, 0.4) is 0 Å². The largest absolute Gasteiger partial charge is 0.360 e. The molecule has 0 saturated carbocycles. The summed E-state index contributed by atoms with van der Waals surface area (Å²) in [5.41, 5.74) is 2.59. The Hall–Kier alpha value is -1.53. The van der Waals surface area contributed by atoms with Gasteiger partial charge in [0, 0.05) is 24.3 Å². The second kappa shape index (κ2) is 5.22. The van der Waals surface area contributed by atoms with Crippen LogP contribution in [0.4, 0.5) is 5.69 Å². The van der Waals surface area contributed by atoms with Crippen molar-refractivity contribution in [2.75, 3.05) is 25.0 Å². The molecule has 0 amide bonds. The number of likely N-dealkylation sites (N-methyl/N-ethyl adjacent to an activating group) is 1. The molecule has 0 bridgehead atoms. The summed E-state index contributed by atoms with van der Waals surface area (Å²) in [4.78, 5) is 4.78. The lowest BCUT2D eigenvalue weighted by molar-refractivity contribution is 0.181. The van der Waals surface area contributed by atoms with Crippen LogP contribution < -0.4 is 4.90 Å². The first-order valence-electron chi connectivity index (χ1n) is 6.86. The Morgan fingerprint density at radius 1 is 1.37 bits per heavy atom. The van der Waals surface area contributed by atoms with Crippen LogP contribution in [0.15, 0.2) is 24.3 Å². The maximum Gasteiger partial charge on any atom is 0.0643 e. The first-order valence-corrected chi connectivity index (χ1v) is 6.86. The fraction of sp³-hybridized carbons (Fsp3) is 0.562. The second-order valence-electron chi connectivity index (χ2n) is 6.18. The lowest BCUT2D eigenvalue weighted by Crippen LogP contribution is -2.63. The van der Waals surface area contributed by atoms with Crippen molar-refractivity contribution in [1.29, 1.82) is 5.26 Å². The molecule has 1 aliphatic heterocycles. The van der Waals surface area contributed by atoms with Crippen molar-refractivity contribution in [2.45, 2.75) is 38.8 Å². The van der Waals surface area contributed by atoms with Crippen LogP contribution in [-0.2, 0) is 0 Å². The molecule has 0 spiro atoms. The van der Waals surface area contributed by atoms with E-state index in [0.717, 1.165) is 13.1 Å². The zero-order valence-corrected chi connectivity index (χ0v) is 12.3. The third kappa shape index (κ3) is 2.74. The van der Waals surface area contributed by atoms with Gasteiger partial charge in [-0.2, -0.15) is 5.26 Å². The SMILES string of the molecule is Cc1ccccc1N1C(CC#N)CN(C)CC1(C)C. The first kappa shape index (κ1) is 13.9. The Morgan fingerprint density at radius 2 is 2.05 bits per heavy atom. The van der Waals surface area contributed by atoms with Gasteiger partial charge in [0.25, 0.3) is 0 Å². The molecular formula is C16H23N3. The third-order valence-corrected chi connectivity index (χ3v) is 3.90. The normalized spacial score (nSPS) is 23.1. The standard InChI is InChI=1S/C16H23N3/c1-13-7-5-6-8-15(13)19-14(9-10-17)11-18(4)12-16(19,2)3/h5-8,14H,9,11-12H2,1-4H3. The van der Waals surface area contributed by atoms with Crippen LogP contribution in [0, 0.1) is 18.3 Å². The van der Waals surface area contributed by atoms with Gasteiger partial charge in [-0.3, -0.25) is 0 Å². The van der Waals surface area contributed by atoms with Crippen LogP contribution >= 0.6 is 0 Å². The molecule has 0 aromatic heterocycles. The fourth-order valence-electron chi connectivity index (χ4n) is 3.35. The van der Waals surface area contributed by atoms with Gasteiger partial charge in [-0.25, -0.2) is 0 Å². The van der Waals surface area contributed by atoms with Crippen LogP contribution in [0.2, 0.25) is 0 Å². The van der Waals surface area contributed by atoms with Crippen molar-refractivity contribution in [2.24, 2.45) is 0 Å². The molecule has 0 aliphatic carbocycles. The molecule has 1 aromatic rings. The zero-order valence-electron chi connectivity index (χ0n) is 12.3. The van der Waals surface area contributed by atoms with E-state index in [1.165, 1.54) is 11.3 Å². The summed E-state index contributed by atoms with van der Waals surface area (Å²) < 4.78 is 0. The minimum absolute atomic E-state index is 0.0423. The maximum absolute atomic E-state index is 9.11. The van der Waals surface area contributed by atoms with Gasteiger partial charge >= 0.3 is 0 Å². The molecule has 3 heteroatoms. The van der Waals surface area contributed by atoms with E-state index in [1.807, 2.05) is 0 Å². The summed E-state index contributed by atoms with van der Waals surface area (Å²) >= 11 is 0. The number of nitriles is 1. The highest BCUT2D eigenvalue weighted by Gasteiger charge is 2.39. The van der Waals surface area contributed by atoms with E-state index in [0.29, 0.717) is 6.42 Å². The molecule has 0 N–H and O–H groups in total. The molecule has 1 unspecified atom stereocenters. The lowest BCUT2D eigenvalue weighted by Gasteiger charge is -2.52. The topological polar surface area (TPSA) is 30.3 Å². The Kier molecular flexibility index (Phi) is 3.82. The maximum atomic E-state index is 9.11. The van der Waals surface area contributed by atoms with Crippen molar-refractivity contribution < 1.29 is 0 Å². The first-order chi connectivity index (χ1) is 8.95. The highest BCUT2D eigenvalue weighted by atomic mass is 15.3. The predicted molar refractivity (Wildman–Crippen MR) is 79.3 cm³/mol. The van der Waals surface area contributed by atoms with Crippen molar-refractivity contribution in [3.63, 3.8) is 0 Å². The molecule has 1 aromatic carbocycles. The van der Waals surface area contributed by atoms with Crippen molar-refractivity contribution in [3.8, 4) is 6.07 Å². The second-order valence-corrected chi connectivity index (χ2v) is 6.18. The monoisotopic (exact) mass is 257 g/mol. The molecule has 2 rings (SSSR count). The Morgan fingerprint density at radius 3 is 2.68 bits per heavy atom. The average molecular weight is 257 g/mol. The van der Waals surface area contributed by atoms with Gasteiger partial charge in [-0.15, -0.1) is 0 Å². The number of hydrogen-bond donors (Lipinski definition) is 0. The van der Waals surface area contributed by atoms with Gasteiger partial charge in [-0.1, -0.05) is 18.2 Å². The molecular weight excluding hydrogens is 234 g/mol. The van der Waals surface area contributed by atoms with Crippen LogP contribution in [0.25, 0.3) is 0 Å². The van der Waals surface area contributed by atoms with Crippen molar-refractivity contribution in [3.05, 3.63) is 29.8 Å². The number of rotatable bonds is 2. The molecule has 1 aliphatic rings. The highest BCUT2D eigenvalue weighted by molar-refractivity contribution is 5.56. The van der Waals surface area contributed by atoms with E-state index in [2.05, 4.69) is 68.0 Å². The molecule has 0 radical (unpaired) electrons. The van der Waals surface area contributed by atoms with Crippen LogP contribution in [0.1, 0.15) is 25.8 Å². The number of para-hydroxylation sites is 1. The van der Waals surface area contributed by atoms with E-state index in [4.69, 9.17) is 5.26 Å². The summed E-state index contributed by atoms with van der Waals surface area (Å²) in [5, 5.41) is 9.11. The summed E-state index contributed by atoms with van der Waals surface area (Å²) in [7, 11) is 2.14. The van der Waals surface area contributed by atoms with Crippen LogP contribution in [-0.4, -0.2) is 36.6 Å². The molecule has 19 heavy (non-hydrogen) atoms. The number of hydrogen-bond acceptors (Lipinski definition) is 3. The van der Waals surface area contributed by atoms with Gasteiger partial charge in [-0.05, 0) is 39.4 Å². The average Bonchev–Trinajstić information content (AvgIpc) is 2.29. The summed E-state index contributed by atoms with van der Waals surface area (Å²) in [6.45, 7) is 8.64. The molecule has 102 valence electrons. The zero-order chi connectivity index (χ0) is 14.0. The highest BCUT2D eigenvalue weighted by Crippen LogP contribution is 2.34. The summed E-state index contributed by atoms with van der Waals surface area (Å²) in [6, 6.07) is 11.1. The van der Waals surface area contributed by atoms with E-state index >= 15 is 0 Å². The quantitative estimate of drug-likeness (QED) is 0.816. The van der Waals surface area contributed by atoms with Gasteiger partial charge < -0.3 is 9.80 Å². The minimum atomic E-state index is 0.0423. The molecule has 1 atom stereocenters. The molecule has 1 fully saturated rings. The van der Waals surface area contributed by atoms with Crippen molar-refractivity contribution in [1.82, 2.24) is 4.90 Å². The minimum Gasteiger partial charge on any atom is -0.360 e. The van der Waals surface area contributed by atoms with E-state index in [9.17, 15) is 0 Å². The number of nitrogens with zero attached hydrogens (tertiary/aromatic N) is 3. The Labute approximate surface area is 116 Å². The van der Waals surface area contributed by atoms with Crippen molar-refractivity contribution >= 4 is 5.69 Å². The van der Waals surface area contributed by atoms with E-state index < -0.39 is 0 Å². The van der Waals surface area contributed by atoms with Gasteiger partial charge in [0.2, 0.25) is 0 Å². The fourth-order valence-corrected chi connectivity index (χ4v) is 3.35. The summed E-state index contributed by atoms with van der Waals surface area (Å²) in [5.74, 6) is 0. The predicted octanol–water partition coefficient (Wildman–Crippen LogP) is 2.81.